The van der Waals surface area contributed by atoms with Crippen LogP contribution in [0, 0.1) is 0 Å². The number of rotatable bonds is 7. The van der Waals surface area contributed by atoms with Crippen LogP contribution in [-0.2, 0) is 14.8 Å². The van der Waals surface area contributed by atoms with Gasteiger partial charge in [-0.2, -0.15) is 0 Å². The molecule has 0 unspecified atom stereocenters. The molecule has 140 valence electrons. The number of carbonyl (C=O) groups is 1. The maximum Gasteiger partial charge on any atom is 0.262 e. The first-order valence-electron chi connectivity index (χ1n) is 7.67. The molecule has 0 saturated heterocycles. The highest BCUT2D eigenvalue weighted by molar-refractivity contribution is 9.10. The smallest absolute Gasteiger partial charge is 0.262 e. The molecular weight excluding hydrogens is 444 g/mol. The van der Waals surface area contributed by atoms with Gasteiger partial charge in [0.2, 0.25) is 10.0 Å². The van der Waals surface area contributed by atoms with Gasteiger partial charge >= 0.3 is 0 Å². The predicted molar refractivity (Wildman–Crippen MR) is 105 cm³/mol. The molecule has 0 saturated carbocycles. The highest BCUT2D eigenvalue weighted by Crippen LogP contribution is 2.27. The van der Waals surface area contributed by atoms with E-state index >= 15 is 0 Å². The van der Waals surface area contributed by atoms with Crippen LogP contribution in [-0.4, -0.2) is 27.0 Å². The van der Waals surface area contributed by atoms with Crippen LogP contribution in [0.25, 0.3) is 0 Å². The van der Waals surface area contributed by atoms with Crippen LogP contribution in [0.1, 0.15) is 13.8 Å². The summed E-state index contributed by atoms with van der Waals surface area (Å²) in [6.07, 6.45) is 0. The van der Waals surface area contributed by atoms with Gasteiger partial charge in [-0.25, -0.2) is 13.1 Å². The molecule has 2 aromatic rings. The first-order chi connectivity index (χ1) is 12.2. The summed E-state index contributed by atoms with van der Waals surface area (Å²) in [7, 11) is -3.56. The zero-order chi connectivity index (χ0) is 19.3. The predicted octanol–water partition coefficient (Wildman–Crippen LogP) is 3.81. The van der Waals surface area contributed by atoms with Gasteiger partial charge in [0.1, 0.15) is 5.75 Å². The van der Waals surface area contributed by atoms with E-state index in [4.69, 9.17) is 16.3 Å². The van der Waals surface area contributed by atoms with Gasteiger partial charge in [0.05, 0.1) is 9.37 Å². The Labute approximate surface area is 166 Å². The van der Waals surface area contributed by atoms with Crippen LogP contribution in [0.5, 0.6) is 5.75 Å². The molecular formula is C17H18BrClN2O4S. The number of halogens is 2. The van der Waals surface area contributed by atoms with Crippen LogP contribution in [0.3, 0.4) is 0 Å². The van der Waals surface area contributed by atoms with Crippen molar-refractivity contribution in [3.05, 3.63) is 52.0 Å². The van der Waals surface area contributed by atoms with E-state index in [2.05, 4.69) is 26.0 Å². The minimum Gasteiger partial charge on any atom is -0.483 e. The lowest BCUT2D eigenvalue weighted by Crippen LogP contribution is -2.30. The third-order valence-electron chi connectivity index (χ3n) is 3.09. The highest BCUT2D eigenvalue weighted by Gasteiger charge is 2.15. The largest absolute Gasteiger partial charge is 0.483 e. The van der Waals surface area contributed by atoms with Crippen molar-refractivity contribution < 1.29 is 17.9 Å². The number of anilines is 1. The molecule has 2 N–H and O–H groups in total. The topological polar surface area (TPSA) is 84.5 Å². The summed E-state index contributed by atoms with van der Waals surface area (Å²) in [5.41, 5.74) is 0.470. The summed E-state index contributed by atoms with van der Waals surface area (Å²) in [5, 5.41) is 3.19. The van der Waals surface area contributed by atoms with Crippen molar-refractivity contribution in [2.24, 2.45) is 0 Å². The maximum absolute atomic E-state index is 12.1. The van der Waals surface area contributed by atoms with Gasteiger partial charge in [-0.3, -0.25) is 4.79 Å². The summed E-state index contributed by atoms with van der Waals surface area (Å²) >= 11 is 9.15. The molecule has 2 rings (SSSR count). The summed E-state index contributed by atoms with van der Waals surface area (Å²) in [4.78, 5) is 12.1. The van der Waals surface area contributed by atoms with Crippen molar-refractivity contribution in [3.8, 4) is 5.75 Å². The van der Waals surface area contributed by atoms with Crippen LogP contribution < -0.4 is 14.8 Å². The minimum atomic E-state index is -3.56. The Morgan fingerprint density at radius 3 is 2.42 bits per heavy atom. The average molecular weight is 462 g/mol. The molecule has 6 nitrogen and oxygen atoms in total. The first kappa shape index (κ1) is 20.7. The quantitative estimate of drug-likeness (QED) is 0.657. The normalized spacial score (nSPS) is 11.4. The number of nitrogens with one attached hydrogen (secondary N) is 2. The Kier molecular flexibility index (Phi) is 7.05. The molecule has 0 radical (unpaired) electrons. The SMILES string of the molecule is CC(C)NS(=O)(=O)c1ccc(NC(=O)COc2ccc(Cl)cc2Br)cc1. The van der Waals surface area contributed by atoms with Gasteiger partial charge < -0.3 is 10.1 Å². The Balaban J connectivity index is 1.95. The lowest BCUT2D eigenvalue weighted by molar-refractivity contribution is -0.118. The molecule has 2 aromatic carbocycles. The van der Waals surface area contributed by atoms with Crippen molar-refractivity contribution in [2.45, 2.75) is 24.8 Å². The molecule has 0 spiro atoms. The minimum absolute atomic E-state index is 0.130. The Morgan fingerprint density at radius 2 is 1.85 bits per heavy atom. The second-order valence-corrected chi connectivity index (χ2v) is 8.72. The summed E-state index contributed by atoms with van der Waals surface area (Å²) < 4.78 is 32.7. The third-order valence-corrected chi connectivity index (χ3v) is 5.62. The maximum atomic E-state index is 12.1. The second-order valence-electron chi connectivity index (χ2n) is 5.71. The number of benzene rings is 2. The fourth-order valence-electron chi connectivity index (χ4n) is 2.03. The van der Waals surface area contributed by atoms with E-state index in [0.29, 0.717) is 20.9 Å². The third kappa shape index (κ3) is 5.98. The van der Waals surface area contributed by atoms with Gasteiger partial charge in [-0.1, -0.05) is 11.6 Å². The lowest BCUT2D eigenvalue weighted by atomic mass is 10.3. The monoisotopic (exact) mass is 460 g/mol. The molecule has 0 heterocycles. The number of sulfonamides is 1. The number of amides is 1. The van der Waals surface area contributed by atoms with E-state index in [1.165, 1.54) is 24.3 Å². The zero-order valence-corrected chi connectivity index (χ0v) is 17.3. The van der Waals surface area contributed by atoms with E-state index < -0.39 is 10.0 Å². The van der Waals surface area contributed by atoms with Crippen molar-refractivity contribution in [3.63, 3.8) is 0 Å². The van der Waals surface area contributed by atoms with E-state index in [1.807, 2.05) is 0 Å². The Hall–Kier alpha value is -1.61. The molecule has 0 bridgehead atoms. The van der Waals surface area contributed by atoms with Crippen LogP contribution >= 0.6 is 27.5 Å². The van der Waals surface area contributed by atoms with Crippen molar-refractivity contribution in [1.82, 2.24) is 4.72 Å². The molecule has 9 heteroatoms. The Bertz CT molecular complexity index is 886. The summed E-state index contributed by atoms with van der Waals surface area (Å²) in [6, 6.07) is 10.7. The van der Waals surface area contributed by atoms with Crippen LogP contribution in [0.4, 0.5) is 5.69 Å². The van der Waals surface area contributed by atoms with E-state index in [9.17, 15) is 13.2 Å². The molecule has 26 heavy (non-hydrogen) atoms. The number of hydrogen-bond acceptors (Lipinski definition) is 4. The van der Waals surface area contributed by atoms with Gasteiger partial charge in [0.15, 0.2) is 6.61 Å². The fraction of sp³-hybridized carbons (Fsp3) is 0.235. The summed E-state index contributed by atoms with van der Waals surface area (Å²) in [5.74, 6) is 0.119. The van der Waals surface area contributed by atoms with E-state index in [1.54, 1.807) is 32.0 Å². The average Bonchev–Trinajstić information content (AvgIpc) is 2.53. The van der Waals surface area contributed by atoms with Crippen molar-refractivity contribution in [1.29, 1.82) is 0 Å². The molecule has 0 aromatic heterocycles. The zero-order valence-electron chi connectivity index (χ0n) is 14.1. The van der Waals surface area contributed by atoms with Gasteiger partial charge in [-0.15, -0.1) is 0 Å². The van der Waals surface area contributed by atoms with Gasteiger partial charge in [0, 0.05) is 16.8 Å². The van der Waals surface area contributed by atoms with Crippen LogP contribution in [0.15, 0.2) is 51.8 Å². The van der Waals surface area contributed by atoms with E-state index in [-0.39, 0.29) is 23.5 Å². The van der Waals surface area contributed by atoms with Gasteiger partial charge in [0.25, 0.3) is 5.91 Å². The number of ether oxygens (including phenoxy) is 1. The summed E-state index contributed by atoms with van der Waals surface area (Å²) in [6.45, 7) is 3.28. The van der Waals surface area contributed by atoms with Crippen LogP contribution in [0.2, 0.25) is 5.02 Å². The second kappa shape index (κ2) is 8.85. The number of hydrogen-bond donors (Lipinski definition) is 2. The van der Waals surface area contributed by atoms with E-state index in [0.717, 1.165) is 0 Å². The van der Waals surface area contributed by atoms with Crippen molar-refractivity contribution in [2.75, 3.05) is 11.9 Å². The molecule has 1 amide bonds. The molecule has 0 aliphatic heterocycles. The lowest BCUT2D eigenvalue weighted by Gasteiger charge is -2.11. The first-order valence-corrected chi connectivity index (χ1v) is 10.3. The van der Waals surface area contributed by atoms with Gasteiger partial charge in [-0.05, 0) is 72.2 Å². The molecule has 0 aliphatic carbocycles. The highest BCUT2D eigenvalue weighted by atomic mass is 79.9. The number of carbonyl (C=O) groups excluding carboxylic acids is 1. The standard InChI is InChI=1S/C17H18BrClN2O4S/c1-11(2)21-26(23,24)14-6-4-13(5-7-14)20-17(22)10-25-16-8-3-12(19)9-15(16)18/h3-9,11,21H,10H2,1-2H3,(H,20,22). The fourth-order valence-corrected chi connectivity index (χ4v) is 4.08. The molecule has 0 aliphatic rings. The molecule has 0 atom stereocenters. The Morgan fingerprint density at radius 1 is 1.19 bits per heavy atom. The molecule has 0 fully saturated rings. The van der Waals surface area contributed by atoms with Crippen molar-refractivity contribution >= 4 is 49.1 Å².